The van der Waals surface area contributed by atoms with Gasteiger partial charge in [-0.25, -0.2) is 0 Å². The second-order valence-electron chi connectivity index (χ2n) is 5.34. The molecule has 1 aromatic heterocycles. The van der Waals surface area contributed by atoms with E-state index in [0.717, 1.165) is 27.9 Å². The van der Waals surface area contributed by atoms with Crippen LogP contribution in [-0.2, 0) is 10.3 Å². The van der Waals surface area contributed by atoms with Crippen molar-refractivity contribution >= 4 is 38.9 Å². The van der Waals surface area contributed by atoms with Crippen molar-refractivity contribution in [3.8, 4) is 6.07 Å². The molecule has 1 fully saturated rings. The van der Waals surface area contributed by atoms with Crippen LogP contribution in [0.1, 0.15) is 31.1 Å². The largest absolute Gasteiger partial charge is 0.380 e. The van der Waals surface area contributed by atoms with Crippen LogP contribution in [0.3, 0.4) is 0 Å². The first kappa shape index (κ1) is 15.3. The van der Waals surface area contributed by atoms with E-state index in [-0.39, 0.29) is 5.41 Å². The van der Waals surface area contributed by atoms with E-state index >= 15 is 0 Å². The van der Waals surface area contributed by atoms with Crippen LogP contribution in [0, 0.1) is 16.7 Å². The van der Waals surface area contributed by atoms with Gasteiger partial charge in [-0.05, 0) is 48.2 Å². The Morgan fingerprint density at radius 3 is 2.95 bits per heavy atom. The van der Waals surface area contributed by atoms with Gasteiger partial charge in [0.2, 0.25) is 0 Å². The summed E-state index contributed by atoms with van der Waals surface area (Å²) in [6.07, 6.45) is 2.25. The zero-order valence-electron chi connectivity index (χ0n) is 10.7. The molecule has 0 aliphatic carbocycles. The number of ether oxygens (including phenoxy) is 1. The average molecular weight is 364 g/mol. The normalized spacial score (nSPS) is 26.1. The van der Waals surface area contributed by atoms with E-state index in [1.807, 2.05) is 13.0 Å². The van der Waals surface area contributed by atoms with E-state index in [4.69, 9.17) is 22.1 Å². The lowest BCUT2D eigenvalue weighted by Crippen LogP contribution is -2.34. The fourth-order valence-electron chi connectivity index (χ4n) is 2.29. The van der Waals surface area contributed by atoms with Gasteiger partial charge in [-0.2, -0.15) is 5.26 Å². The van der Waals surface area contributed by atoms with Crippen LogP contribution in [0.2, 0.25) is 5.02 Å². The smallest absolute Gasteiger partial charge is 0.0829 e. The van der Waals surface area contributed by atoms with E-state index in [0.29, 0.717) is 18.2 Å². The molecule has 1 aliphatic rings. The predicted molar refractivity (Wildman–Crippen MR) is 81.3 cm³/mol. The molecule has 0 radical (unpaired) electrons. The topological polar surface area (TPSA) is 59.0 Å². The number of thiophene rings is 1. The number of hydrogen-bond donors (Lipinski definition) is 1. The summed E-state index contributed by atoms with van der Waals surface area (Å²) in [5, 5.41) is 10.0. The molecular weight excluding hydrogens is 348 g/mol. The van der Waals surface area contributed by atoms with Crippen molar-refractivity contribution in [2.24, 2.45) is 11.1 Å². The van der Waals surface area contributed by atoms with Crippen LogP contribution in [-0.4, -0.2) is 13.2 Å². The molecule has 2 N–H and O–H groups in total. The van der Waals surface area contributed by atoms with Gasteiger partial charge in [0.05, 0.1) is 26.9 Å². The van der Waals surface area contributed by atoms with E-state index in [1.165, 1.54) is 0 Å². The van der Waals surface area contributed by atoms with Crippen molar-refractivity contribution in [1.82, 2.24) is 0 Å². The first-order chi connectivity index (χ1) is 8.88. The number of hydrogen-bond acceptors (Lipinski definition) is 4. The maximum Gasteiger partial charge on any atom is 0.0829 e. The van der Waals surface area contributed by atoms with Crippen molar-refractivity contribution in [3.05, 3.63) is 19.8 Å². The number of rotatable bonds is 4. The highest BCUT2D eigenvalue weighted by molar-refractivity contribution is 9.11. The zero-order chi connectivity index (χ0) is 14.1. The molecule has 1 aliphatic heterocycles. The maximum atomic E-state index is 9.34. The quantitative estimate of drug-likeness (QED) is 0.878. The van der Waals surface area contributed by atoms with Gasteiger partial charge in [0, 0.05) is 17.0 Å². The van der Waals surface area contributed by atoms with Crippen LogP contribution in [0.15, 0.2) is 9.85 Å². The lowest BCUT2D eigenvalue weighted by atomic mass is 9.80. The molecule has 0 amide bonds. The van der Waals surface area contributed by atoms with Crippen LogP contribution < -0.4 is 5.73 Å². The minimum absolute atomic E-state index is 0.373. The molecule has 1 saturated heterocycles. The fourth-order valence-corrected chi connectivity index (χ4v) is 4.51. The van der Waals surface area contributed by atoms with Crippen molar-refractivity contribution in [2.75, 3.05) is 13.2 Å². The second kappa shape index (κ2) is 5.71. The molecular formula is C13H16BrClN2OS. The maximum absolute atomic E-state index is 9.34. The monoisotopic (exact) mass is 362 g/mol. The van der Waals surface area contributed by atoms with Gasteiger partial charge in [-0.1, -0.05) is 11.6 Å². The molecule has 2 atom stereocenters. The van der Waals surface area contributed by atoms with E-state index in [9.17, 15) is 5.26 Å². The Kier molecular flexibility index (Phi) is 4.59. The summed E-state index contributed by atoms with van der Waals surface area (Å²) in [6, 6.07) is 4.27. The molecule has 3 nitrogen and oxygen atoms in total. The summed E-state index contributed by atoms with van der Waals surface area (Å²) in [5.41, 5.74) is 5.51. The predicted octanol–water partition coefficient (Wildman–Crippen LogP) is 4.05. The lowest BCUT2D eigenvalue weighted by Gasteiger charge is -2.28. The van der Waals surface area contributed by atoms with Crippen molar-refractivity contribution in [3.63, 3.8) is 0 Å². The van der Waals surface area contributed by atoms with Crippen molar-refractivity contribution in [2.45, 2.75) is 31.7 Å². The Bertz CT molecular complexity index is 503. The number of nitrogens with zero attached hydrogens (tertiary/aromatic N) is 1. The first-order valence-corrected chi connectivity index (χ1v) is 8.10. The van der Waals surface area contributed by atoms with Crippen LogP contribution in [0.4, 0.5) is 0 Å². The minimum Gasteiger partial charge on any atom is -0.380 e. The van der Waals surface area contributed by atoms with Gasteiger partial charge >= 0.3 is 0 Å². The number of halogens is 2. The highest BCUT2D eigenvalue weighted by Crippen LogP contribution is 2.42. The van der Waals surface area contributed by atoms with Crippen LogP contribution in [0.25, 0.3) is 0 Å². The summed E-state index contributed by atoms with van der Waals surface area (Å²) in [5.74, 6) is 0. The van der Waals surface area contributed by atoms with Crippen LogP contribution in [0.5, 0.6) is 0 Å². The van der Waals surface area contributed by atoms with E-state index in [1.54, 1.807) is 11.3 Å². The molecule has 1 aromatic rings. The van der Waals surface area contributed by atoms with Crippen LogP contribution >= 0.6 is 38.9 Å². The molecule has 0 aromatic carbocycles. The molecule has 2 heterocycles. The number of nitriles is 1. The lowest BCUT2D eigenvalue weighted by molar-refractivity contribution is 0.164. The van der Waals surface area contributed by atoms with Gasteiger partial charge in [0.25, 0.3) is 0 Å². The standard InChI is InChI=1S/C13H16BrClN2OS/c1-12(17,11-9(15)6-10(14)19-11)2-3-13(7-16)4-5-18-8-13/h6H,2-5,8,17H2,1H3/t12-,13?/m0/s1. The summed E-state index contributed by atoms with van der Waals surface area (Å²) in [7, 11) is 0. The van der Waals surface area contributed by atoms with Gasteiger partial charge in [-0.15, -0.1) is 11.3 Å². The first-order valence-electron chi connectivity index (χ1n) is 6.12. The summed E-state index contributed by atoms with van der Waals surface area (Å²) in [6.45, 7) is 3.15. The summed E-state index contributed by atoms with van der Waals surface area (Å²) >= 11 is 11.2. The summed E-state index contributed by atoms with van der Waals surface area (Å²) < 4.78 is 6.33. The average Bonchev–Trinajstić information content (AvgIpc) is 2.95. The third-order valence-electron chi connectivity index (χ3n) is 3.64. The molecule has 1 unspecified atom stereocenters. The van der Waals surface area contributed by atoms with Gasteiger partial charge in [0.15, 0.2) is 0 Å². The SMILES string of the molecule is C[C@](N)(CCC1(C#N)CCOC1)c1sc(Br)cc1Cl. The van der Waals surface area contributed by atoms with E-state index < -0.39 is 5.54 Å². The fraction of sp³-hybridized carbons (Fsp3) is 0.615. The Hall–Kier alpha value is -0.120. The van der Waals surface area contributed by atoms with Crippen molar-refractivity contribution < 1.29 is 4.74 Å². The Labute approximate surface area is 130 Å². The molecule has 104 valence electrons. The Morgan fingerprint density at radius 2 is 2.47 bits per heavy atom. The van der Waals surface area contributed by atoms with Crippen molar-refractivity contribution in [1.29, 1.82) is 5.26 Å². The van der Waals surface area contributed by atoms with E-state index in [2.05, 4.69) is 22.0 Å². The molecule has 0 saturated carbocycles. The molecule has 0 spiro atoms. The molecule has 0 bridgehead atoms. The second-order valence-corrected chi connectivity index (χ2v) is 8.18. The van der Waals surface area contributed by atoms with Gasteiger partial charge in [0.1, 0.15) is 0 Å². The van der Waals surface area contributed by atoms with Gasteiger partial charge < -0.3 is 10.5 Å². The minimum atomic E-state index is -0.514. The third-order valence-corrected chi connectivity index (χ3v) is 5.97. The molecule has 2 rings (SSSR count). The zero-order valence-corrected chi connectivity index (χ0v) is 13.9. The Balaban J connectivity index is 2.09. The highest BCUT2D eigenvalue weighted by Gasteiger charge is 2.38. The highest BCUT2D eigenvalue weighted by atomic mass is 79.9. The number of nitrogens with two attached hydrogens (primary N) is 1. The third kappa shape index (κ3) is 3.32. The molecule has 19 heavy (non-hydrogen) atoms. The molecule has 6 heteroatoms. The Morgan fingerprint density at radius 1 is 1.74 bits per heavy atom. The summed E-state index contributed by atoms with van der Waals surface area (Å²) in [4.78, 5) is 0.966. The van der Waals surface area contributed by atoms with Gasteiger partial charge in [-0.3, -0.25) is 0 Å².